The van der Waals surface area contributed by atoms with E-state index in [1.807, 2.05) is 6.92 Å². The Kier molecular flexibility index (Phi) is 5.47. The number of thioether (sulfide) groups is 1. The van der Waals surface area contributed by atoms with Crippen LogP contribution in [0.2, 0.25) is 0 Å². The van der Waals surface area contributed by atoms with E-state index >= 15 is 0 Å². The summed E-state index contributed by atoms with van der Waals surface area (Å²) in [5.74, 6) is -0.906. The number of aliphatic hydroxyl groups excluding tert-OH is 1. The summed E-state index contributed by atoms with van der Waals surface area (Å²) >= 11 is 1.02. The second-order valence-corrected chi connectivity index (χ2v) is 11.3. The third kappa shape index (κ3) is 3.11. The standard InChI is InChI=1S/C23H32O6S/c1-21-7-5-14(24)9-13(21)3-4-15-16-6-8-23(29,18(26)11-30-12-19(27)28)22(16,2)10-17(25)20(15)21/h9,15-17,20,25,29H,3-8,10-12H2,1-2H3,(H,27,28). The molecule has 3 N–H and O–H groups in total. The van der Waals surface area contributed by atoms with Gasteiger partial charge in [-0.3, -0.25) is 14.4 Å². The van der Waals surface area contributed by atoms with Crippen LogP contribution in [0.4, 0.5) is 0 Å². The highest BCUT2D eigenvalue weighted by molar-refractivity contribution is 8.00. The predicted octanol–water partition coefficient (Wildman–Crippen LogP) is 2.61. The number of carboxylic acids is 1. The van der Waals surface area contributed by atoms with Gasteiger partial charge < -0.3 is 15.3 Å². The molecule has 0 bridgehead atoms. The molecule has 30 heavy (non-hydrogen) atoms. The topological polar surface area (TPSA) is 112 Å². The molecule has 0 spiro atoms. The maximum atomic E-state index is 13.0. The van der Waals surface area contributed by atoms with Gasteiger partial charge in [-0.2, -0.15) is 0 Å². The summed E-state index contributed by atoms with van der Waals surface area (Å²) in [5, 5.41) is 31.7. The number of hydrogen-bond donors (Lipinski definition) is 3. The molecule has 7 unspecified atom stereocenters. The summed E-state index contributed by atoms with van der Waals surface area (Å²) in [6.07, 6.45) is 5.62. The van der Waals surface area contributed by atoms with E-state index in [-0.39, 0.29) is 46.2 Å². The number of aliphatic hydroxyl groups is 2. The van der Waals surface area contributed by atoms with Gasteiger partial charge in [-0.25, -0.2) is 0 Å². The van der Waals surface area contributed by atoms with Crippen LogP contribution in [0.25, 0.3) is 0 Å². The Morgan fingerprint density at radius 3 is 2.60 bits per heavy atom. The highest BCUT2D eigenvalue weighted by atomic mass is 32.2. The van der Waals surface area contributed by atoms with Crippen molar-refractivity contribution < 1.29 is 29.7 Å². The van der Waals surface area contributed by atoms with E-state index in [0.29, 0.717) is 19.3 Å². The number of Topliss-reactive ketones (excluding diaryl/α,β-unsaturated/α-hetero) is 1. The fourth-order valence-corrected chi connectivity index (χ4v) is 8.20. The molecule has 0 aromatic carbocycles. The van der Waals surface area contributed by atoms with Crippen LogP contribution in [-0.4, -0.2) is 56.1 Å². The third-order valence-electron chi connectivity index (χ3n) is 8.97. The fraction of sp³-hybridized carbons (Fsp3) is 0.783. The van der Waals surface area contributed by atoms with Crippen molar-refractivity contribution in [3.8, 4) is 0 Å². The smallest absolute Gasteiger partial charge is 0.313 e. The number of hydrogen-bond acceptors (Lipinski definition) is 6. The Balaban J connectivity index is 1.61. The number of ketones is 2. The van der Waals surface area contributed by atoms with Crippen LogP contribution in [0, 0.1) is 28.6 Å². The number of carbonyl (C=O) groups is 3. The first kappa shape index (κ1) is 22.0. The molecule has 7 atom stereocenters. The molecule has 0 aromatic rings. The van der Waals surface area contributed by atoms with Gasteiger partial charge >= 0.3 is 5.97 Å². The van der Waals surface area contributed by atoms with Gasteiger partial charge in [0.05, 0.1) is 17.6 Å². The van der Waals surface area contributed by atoms with Crippen molar-refractivity contribution in [2.45, 2.75) is 70.5 Å². The summed E-state index contributed by atoms with van der Waals surface area (Å²) in [6, 6.07) is 0. The van der Waals surface area contributed by atoms with Gasteiger partial charge in [-0.1, -0.05) is 19.4 Å². The number of fused-ring (bicyclic) bond motifs is 5. The van der Waals surface area contributed by atoms with E-state index in [1.165, 1.54) is 0 Å². The predicted molar refractivity (Wildman–Crippen MR) is 113 cm³/mol. The largest absolute Gasteiger partial charge is 0.481 e. The third-order valence-corrected chi connectivity index (χ3v) is 9.89. The first-order valence-corrected chi connectivity index (χ1v) is 12.2. The lowest BCUT2D eigenvalue weighted by Crippen LogP contribution is -2.62. The summed E-state index contributed by atoms with van der Waals surface area (Å²) in [5.41, 5.74) is -1.26. The lowest BCUT2D eigenvalue weighted by molar-refractivity contribution is -0.178. The number of allylic oxidation sites excluding steroid dienone is 1. The van der Waals surface area contributed by atoms with E-state index < -0.39 is 23.1 Å². The Morgan fingerprint density at radius 2 is 1.90 bits per heavy atom. The van der Waals surface area contributed by atoms with Gasteiger partial charge in [-0.05, 0) is 67.8 Å². The minimum Gasteiger partial charge on any atom is -0.481 e. The summed E-state index contributed by atoms with van der Waals surface area (Å²) in [6.45, 7) is 4.13. The Bertz CT molecular complexity index is 808. The molecular formula is C23H32O6S. The van der Waals surface area contributed by atoms with Crippen LogP contribution >= 0.6 is 11.8 Å². The first-order valence-electron chi connectivity index (χ1n) is 11.0. The molecule has 166 valence electrons. The van der Waals surface area contributed by atoms with Crippen molar-refractivity contribution in [1.29, 1.82) is 0 Å². The molecule has 0 saturated heterocycles. The van der Waals surface area contributed by atoms with Crippen LogP contribution in [-0.2, 0) is 14.4 Å². The van der Waals surface area contributed by atoms with Crippen molar-refractivity contribution in [3.05, 3.63) is 11.6 Å². The highest BCUT2D eigenvalue weighted by Gasteiger charge is 2.68. The summed E-state index contributed by atoms with van der Waals surface area (Å²) in [7, 11) is 0. The first-order chi connectivity index (χ1) is 14.0. The molecule has 7 heteroatoms. The quantitative estimate of drug-likeness (QED) is 0.607. The van der Waals surface area contributed by atoms with Gasteiger partial charge in [0.25, 0.3) is 0 Å². The lowest BCUT2D eigenvalue weighted by atomic mass is 9.45. The molecule has 0 radical (unpaired) electrons. The Morgan fingerprint density at radius 1 is 1.17 bits per heavy atom. The van der Waals surface area contributed by atoms with E-state index in [9.17, 15) is 24.6 Å². The molecular weight excluding hydrogens is 404 g/mol. The monoisotopic (exact) mass is 436 g/mol. The number of rotatable bonds is 5. The van der Waals surface area contributed by atoms with Crippen LogP contribution in [0.15, 0.2) is 11.6 Å². The van der Waals surface area contributed by atoms with Crippen molar-refractivity contribution in [1.82, 2.24) is 0 Å². The molecule has 4 aliphatic carbocycles. The van der Waals surface area contributed by atoms with Crippen molar-refractivity contribution in [2.75, 3.05) is 11.5 Å². The number of carbonyl (C=O) groups excluding carboxylic acids is 2. The van der Waals surface area contributed by atoms with Crippen molar-refractivity contribution >= 4 is 29.3 Å². The van der Waals surface area contributed by atoms with Crippen molar-refractivity contribution in [2.24, 2.45) is 28.6 Å². The van der Waals surface area contributed by atoms with Crippen LogP contribution in [0.3, 0.4) is 0 Å². The maximum Gasteiger partial charge on any atom is 0.313 e. The lowest BCUT2D eigenvalue weighted by Gasteiger charge is -2.60. The average molecular weight is 437 g/mol. The minimum absolute atomic E-state index is 0.0258. The number of carboxylic acid groups (broad SMARTS) is 1. The highest BCUT2D eigenvalue weighted by Crippen LogP contribution is 2.67. The molecule has 0 heterocycles. The van der Waals surface area contributed by atoms with Crippen LogP contribution < -0.4 is 0 Å². The van der Waals surface area contributed by atoms with Crippen LogP contribution in [0.5, 0.6) is 0 Å². The van der Waals surface area contributed by atoms with Gasteiger partial charge in [0, 0.05) is 11.8 Å². The molecule has 3 saturated carbocycles. The van der Waals surface area contributed by atoms with E-state index in [1.54, 1.807) is 6.08 Å². The van der Waals surface area contributed by atoms with Gasteiger partial charge in [0.2, 0.25) is 0 Å². The molecule has 4 rings (SSSR count). The second-order valence-electron chi connectivity index (χ2n) is 10.3. The van der Waals surface area contributed by atoms with Gasteiger partial charge in [-0.15, -0.1) is 11.8 Å². The number of aliphatic carboxylic acids is 1. The Hall–Kier alpha value is -1.18. The van der Waals surface area contributed by atoms with Crippen LogP contribution in [0.1, 0.15) is 58.8 Å². The van der Waals surface area contributed by atoms with Gasteiger partial charge in [0.15, 0.2) is 11.6 Å². The van der Waals surface area contributed by atoms with Crippen molar-refractivity contribution in [3.63, 3.8) is 0 Å². The zero-order valence-electron chi connectivity index (χ0n) is 17.7. The molecule has 6 nitrogen and oxygen atoms in total. The van der Waals surface area contributed by atoms with E-state index in [4.69, 9.17) is 5.11 Å². The maximum absolute atomic E-state index is 13.0. The van der Waals surface area contributed by atoms with Gasteiger partial charge in [0.1, 0.15) is 5.60 Å². The zero-order valence-corrected chi connectivity index (χ0v) is 18.5. The van der Waals surface area contributed by atoms with E-state index in [2.05, 4.69) is 6.92 Å². The fourth-order valence-electron chi connectivity index (χ4n) is 7.50. The second kappa shape index (κ2) is 7.45. The molecule has 0 aromatic heterocycles. The SMILES string of the molecule is CC12CCC(=O)C=C1CCC1C2C(O)CC2(C)C1CCC2(O)C(=O)CSCC(=O)O. The summed E-state index contributed by atoms with van der Waals surface area (Å²) in [4.78, 5) is 35.8. The normalized spacial score (nSPS) is 45.2. The molecule has 4 aliphatic rings. The Labute approximate surface area is 181 Å². The zero-order chi connectivity index (χ0) is 21.9. The molecule has 0 amide bonds. The minimum atomic E-state index is -1.52. The summed E-state index contributed by atoms with van der Waals surface area (Å²) < 4.78 is 0. The average Bonchev–Trinajstić information content (AvgIpc) is 2.93. The van der Waals surface area contributed by atoms with E-state index in [0.717, 1.165) is 43.0 Å². The molecule has 3 fully saturated rings. The molecule has 0 aliphatic heterocycles.